The molecule has 2 aliphatic heterocycles. The van der Waals surface area contributed by atoms with Gasteiger partial charge in [-0.15, -0.1) is 0 Å². The van der Waals surface area contributed by atoms with E-state index in [0.717, 1.165) is 38.9 Å². The van der Waals surface area contributed by atoms with Crippen LogP contribution in [-0.4, -0.2) is 89.3 Å². The lowest BCUT2D eigenvalue weighted by Gasteiger charge is -2.29. The summed E-state index contributed by atoms with van der Waals surface area (Å²) in [4.78, 5) is 25.6. The second-order valence-corrected chi connectivity index (χ2v) is 10.5. The number of carbonyl (C=O) groups is 1. The number of aromatic nitrogens is 3. The van der Waals surface area contributed by atoms with Crippen LogP contribution < -0.4 is 0 Å². The zero-order valence-corrected chi connectivity index (χ0v) is 19.0. The highest BCUT2D eigenvalue weighted by molar-refractivity contribution is 7.89. The van der Waals surface area contributed by atoms with Crippen molar-refractivity contribution in [2.24, 2.45) is 5.92 Å². The van der Waals surface area contributed by atoms with E-state index < -0.39 is 10.0 Å². The molecule has 4 rings (SSSR count). The van der Waals surface area contributed by atoms with Crippen LogP contribution in [0.3, 0.4) is 0 Å². The molecule has 0 bridgehead atoms. The van der Waals surface area contributed by atoms with Gasteiger partial charge in [0.2, 0.25) is 10.0 Å². The van der Waals surface area contributed by atoms with Gasteiger partial charge in [0.1, 0.15) is 22.7 Å². The Balaban J connectivity index is 1.47. The maximum absolute atomic E-state index is 12.9. The van der Waals surface area contributed by atoms with Crippen LogP contribution in [0.4, 0.5) is 0 Å². The van der Waals surface area contributed by atoms with Gasteiger partial charge in [-0.05, 0) is 50.9 Å². The van der Waals surface area contributed by atoms with Gasteiger partial charge in [0.25, 0.3) is 5.91 Å². The van der Waals surface area contributed by atoms with Crippen molar-refractivity contribution in [2.75, 3.05) is 46.3 Å². The van der Waals surface area contributed by atoms with E-state index in [4.69, 9.17) is 0 Å². The van der Waals surface area contributed by atoms with E-state index in [1.807, 2.05) is 4.90 Å². The molecule has 0 aromatic carbocycles. The van der Waals surface area contributed by atoms with Crippen LogP contribution in [0.2, 0.25) is 0 Å². The normalized spacial score (nSPS) is 21.7. The molecule has 1 atom stereocenters. The maximum Gasteiger partial charge on any atom is 0.274 e. The van der Waals surface area contributed by atoms with Crippen molar-refractivity contribution in [3.63, 3.8) is 0 Å². The lowest BCUT2D eigenvalue weighted by atomic mass is 10.0. The number of amides is 1. The fourth-order valence-corrected chi connectivity index (χ4v) is 5.71. The molecule has 2 saturated heterocycles. The number of piperidine rings is 1. The number of hydrogen-bond acceptors (Lipinski definition) is 6. The Morgan fingerprint density at radius 3 is 2.65 bits per heavy atom. The second kappa shape index (κ2) is 9.05. The molecule has 9 nitrogen and oxygen atoms in total. The van der Waals surface area contributed by atoms with Crippen molar-refractivity contribution in [3.05, 3.63) is 36.5 Å². The molecule has 1 amide bonds. The molecule has 2 aromatic heterocycles. The standard InChI is InChI=1S/C21H30N6O3S/c1-17-5-3-10-27(14-17)31(29,30)18-6-7-20(22-13-18)26-15-19(23-16-26)21(28)25-9-4-8-24(2)11-12-25/h6-7,13,15-17H,3-5,8-12,14H2,1-2H3. The molecule has 1 unspecified atom stereocenters. The predicted molar refractivity (Wildman–Crippen MR) is 117 cm³/mol. The quantitative estimate of drug-likeness (QED) is 0.706. The largest absolute Gasteiger partial charge is 0.336 e. The summed E-state index contributed by atoms with van der Waals surface area (Å²) in [5.74, 6) is 0.794. The molecule has 0 N–H and O–H groups in total. The van der Waals surface area contributed by atoms with Gasteiger partial charge in [0.05, 0.1) is 0 Å². The third-order valence-electron chi connectivity index (χ3n) is 6.05. The summed E-state index contributed by atoms with van der Waals surface area (Å²) in [7, 11) is -1.48. The van der Waals surface area contributed by atoms with E-state index in [-0.39, 0.29) is 10.8 Å². The SMILES string of the molecule is CC1CCCN(S(=O)(=O)c2ccc(-n3cnc(C(=O)N4CCCN(C)CC4)c3)nc2)C1. The number of imidazole rings is 1. The van der Waals surface area contributed by atoms with Gasteiger partial charge < -0.3 is 9.80 Å². The van der Waals surface area contributed by atoms with Crippen LogP contribution in [0.1, 0.15) is 36.7 Å². The first-order valence-electron chi connectivity index (χ1n) is 10.8. The van der Waals surface area contributed by atoms with Gasteiger partial charge in [-0.2, -0.15) is 4.31 Å². The van der Waals surface area contributed by atoms with Gasteiger partial charge >= 0.3 is 0 Å². The molecular weight excluding hydrogens is 416 g/mol. The van der Waals surface area contributed by atoms with Crippen molar-refractivity contribution >= 4 is 15.9 Å². The van der Waals surface area contributed by atoms with Crippen molar-refractivity contribution in [2.45, 2.75) is 31.1 Å². The summed E-state index contributed by atoms with van der Waals surface area (Å²) in [5.41, 5.74) is 0.366. The summed E-state index contributed by atoms with van der Waals surface area (Å²) in [6, 6.07) is 3.22. The van der Waals surface area contributed by atoms with Gasteiger partial charge in [-0.25, -0.2) is 18.4 Å². The number of hydrogen-bond donors (Lipinski definition) is 0. The zero-order chi connectivity index (χ0) is 22.0. The lowest BCUT2D eigenvalue weighted by Crippen LogP contribution is -2.39. The predicted octanol–water partition coefficient (Wildman–Crippen LogP) is 1.47. The van der Waals surface area contributed by atoms with Crippen LogP contribution in [0.25, 0.3) is 5.82 Å². The Kier molecular flexibility index (Phi) is 6.40. The van der Waals surface area contributed by atoms with Gasteiger partial charge in [-0.1, -0.05) is 6.92 Å². The van der Waals surface area contributed by atoms with E-state index in [1.54, 1.807) is 33.5 Å². The van der Waals surface area contributed by atoms with Crippen molar-refractivity contribution in [1.82, 2.24) is 28.6 Å². The molecule has 31 heavy (non-hydrogen) atoms. The Hall–Kier alpha value is -2.30. The van der Waals surface area contributed by atoms with E-state index in [9.17, 15) is 13.2 Å². The molecule has 0 radical (unpaired) electrons. The highest BCUT2D eigenvalue weighted by atomic mass is 32.2. The lowest BCUT2D eigenvalue weighted by molar-refractivity contribution is 0.0757. The third kappa shape index (κ3) is 4.81. The average molecular weight is 447 g/mol. The molecule has 0 aliphatic carbocycles. The summed E-state index contributed by atoms with van der Waals surface area (Å²) in [6.45, 7) is 6.40. The van der Waals surface area contributed by atoms with Crippen molar-refractivity contribution in [1.29, 1.82) is 0 Å². The molecular formula is C21H30N6O3S. The molecule has 0 spiro atoms. The fraction of sp³-hybridized carbons (Fsp3) is 0.571. The number of rotatable bonds is 4. The number of sulfonamides is 1. The minimum Gasteiger partial charge on any atom is -0.336 e. The fourth-order valence-electron chi connectivity index (χ4n) is 4.16. The van der Waals surface area contributed by atoms with Gasteiger partial charge in [0, 0.05) is 45.1 Å². The van der Waals surface area contributed by atoms with Crippen LogP contribution >= 0.6 is 0 Å². The topological polar surface area (TPSA) is 91.6 Å². The smallest absolute Gasteiger partial charge is 0.274 e. The summed E-state index contributed by atoms with van der Waals surface area (Å²) < 4.78 is 29.0. The number of nitrogens with zero attached hydrogens (tertiary/aromatic N) is 6. The average Bonchev–Trinajstić information content (AvgIpc) is 3.16. The monoisotopic (exact) mass is 446 g/mol. The number of pyridine rings is 1. The first-order chi connectivity index (χ1) is 14.8. The van der Waals surface area contributed by atoms with E-state index in [2.05, 4.69) is 28.8 Å². The molecule has 4 heterocycles. The highest BCUT2D eigenvalue weighted by Gasteiger charge is 2.29. The molecule has 168 valence electrons. The van der Waals surface area contributed by atoms with E-state index in [1.165, 1.54) is 6.20 Å². The summed E-state index contributed by atoms with van der Waals surface area (Å²) in [6.07, 6.45) is 7.45. The number of carbonyl (C=O) groups excluding carboxylic acids is 1. The van der Waals surface area contributed by atoms with Crippen LogP contribution in [0.15, 0.2) is 35.7 Å². The Morgan fingerprint density at radius 1 is 1.06 bits per heavy atom. The first-order valence-corrected chi connectivity index (χ1v) is 12.3. The summed E-state index contributed by atoms with van der Waals surface area (Å²) in [5, 5.41) is 0. The Morgan fingerprint density at radius 2 is 1.90 bits per heavy atom. The minimum atomic E-state index is -3.54. The Bertz CT molecular complexity index is 1020. The highest BCUT2D eigenvalue weighted by Crippen LogP contribution is 2.23. The maximum atomic E-state index is 12.9. The zero-order valence-electron chi connectivity index (χ0n) is 18.1. The number of likely N-dealkylation sites (N-methyl/N-ethyl adjacent to an activating group) is 1. The Labute approximate surface area is 183 Å². The first kappa shape index (κ1) is 21.9. The van der Waals surface area contributed by atoms with Crippen LogP contribution in [0, 0.1) is 5.92 Å². The van der Waals surface area contributed by atoms with Crippen molar-refractivity contribution < 1.29 is 13.2 Å². The molecule has 0 saturated carbocycles. The van der Waals surface area contributed by atoms with Crippen LogP contribution in [0.5, 0.6) is 0 Å². The second-order valence-electron chi connectivity index (χ2n) is 8.58. The third-order valence-corrected chi connectivity index (χ3v) is 7.90. The van der Waals surface area contributed by atoms with Gasteiger partial charge in [0.15, 0.2) is 0 Å². The van der Waals surface area contributed by atoms with Gasteiger partial charge in [-0.3, -0.25) is 9.36 Å². The molecule has 2 aromatic rings. The minimum absolute atomic E-state index is 0.0903. The van der Waals surface area contributed by atoms with E-state index in [0.29, 0.717) is 37.1 Å². The van der Waals surface area contributed by atoms with Crippen LogP contribution in [-0.2, 0) is 10.0 Å². The molecule has 2 aliphatic rings. The molecule has 2 fully saturated rings. The molecule has 10 heteroatoms. The van der Waals surface area contributed by atoms with Crippen molar-refractivity contribution in [3.8, 4) is 5.82 Å². The summed E-state index contributed by atoms with van der Waals surface area (Å²) >= 11 is 0. The van der Waals surface area contributed by atoms with E-state index >= 15 is 0 Å².